The number of piperidine rings is 1. The van der Waals surface area contributed by atoms with E-state index in [9.17, 15) is 5.11 Å². The number of phenols is 1. The number of benzene rings is 1. The Morgan fingerprint density at radius 1 is 1.25 bits per heavy atom. The summed E-state index contributed by atoms with van der Waals surface area (Å²) in [6.45, 7) is 3.43. The van der Waals surface area contributed by atoms with E-state index in [2.05, 4.69) is 0 Å². The van der Waals surface area contributed by atoms with Gasteiger partial charge in [-0.25, -0.2) is 0 Å². The van der Waals surface area contributed by atoms with E-state index in [1.165, 1.54) is 32.4 Å². The van der Waals surface area contributed by atoms with Crippen LogP contribution in [-0.2, 0) is 6.54 Å². The van der Waals surface area contributed by atoms with Gasteiger partial charge in [-0.3, -0.25) is 0 Å². The van der Waals surface area contributed by atoms with Crippen LogP contribution in [0.5, 0.6) is 11.5 Å². The van der Waals surface area contributed by atoms with Gasteiger partial charge in [0.05, 0.1) is 25.8 Å². The van der Waals surface area contributed by atoms with Crippen LogP contribution in [-0.4, -0.2) is 25.3 Å². The fourth-order valence-electron chi connectivity index (χ4n) is 2.44. The number of methoxy groups -OCH3 is 1. The summed E-state index contributed by atoms with van der Waals surface area (Å²) in [7, 11) is 1.62. The molecule has 0 saturated carbocycles. The van der Waals surface area contributed by atoms with E-state index in [4.69, 9.17) is 4.74 Å². The highest BCUT2D eigenvalue weighted by molar-refractivity contribution is 5.45. The molecule has 2 N–H and O–H groups in total. The highest BCUT2D eigenvalue weighted by Gasteiger charge is 2.17. The summed E-state index contributed by atoms with van der Waals surface area (Å²) in [6, 6.07) is 5.60. The van der Waals surface area contributed by atoms with Crippen LogP contribution in [0.15, 0.2) is 18.2 Å². The van der Waals surface area contributed by atoms with Crippen molar-refractivity contribution in [2.45, 2.75) is 25.8 Å². The number of likely N-dealkylation sites (tertiary alicyclic amines) is 1. The molecule has 16 heavy (non-hydrogen) atoms. The Morgan fingerprint density at radius 2 is 2.00 bits per heavy atom. The average molecular weight is 222 g/mol. The van der Waals surface area contributed by atoms with Crippen LogP contribution in [0.25, 0.3) is 0 Å². The Morgan fingerprint density at radius 3 is 2.69 bits per heavy atom. The second-order valence-electron chi connectivity index (χ2n) is 4.46. The molecule has 3 heteroatoms. The van der Waals surface area contributed by atoms with Gasteiger partial charge in [-0.15, -0.1) is 0 Å². The first kappa shape index (κ1) is 11.3. The van der Waals surface area contributed by atoms with E-state index in [1.54, 1.807) is 18.1 Å². The lowest BCUT2D eigenvalue weighted by Crippen LogP contribution is -3.11. The molecule has 0 amide bonds. The van der Waals surface area contributed by atoms with Crippen LogP contribution in [0.4, 0.5) is 0 Å². The van der Waals surface area contributed by atoms with Crippen molar-refractivity contribution in [2.75, 3.05) is 20.2 Å². The summed E-state index contributed by atoms with van der Waals surface area (Å²) in [5, 5.41) is 9.69. The molecule has 2 rings (SSSR count). The lowest BCUT2D eigenvalue weighted by molar-refractivity contribution is -0.918. The van der Waals surface area contributed by atoms with Crippen LogP contribution in [0.3, 0.4) is 0 Å². The predicted octanol–water partition coefficient (Wildman–Crippen LogP) is 0.970. The van der Waals surface area contributed by atoms with E-state index < -0.39 is 0 Å². The number of nitrogens with one attached hydrogen (secondary N) is 1. The number of para-hydroxylation sites is 1. The van der Waals surface area contributed by atoms with Crippen molar-refractivity contribution in [2.24, 2.45) is 0 Å². The second kappa shape index (κ2) is 5.21. The maximum absolute atomic E-state index is 9.69. The Balaban J connectivity index is 2.10. The summed E-state index contributed by atoms with van der Waals surface area (Å²) in [5.41, 5.74) is 1.11. The Bertz CT molecular complexity index is 346. The maximum Gasteiger partial charge on any atom is 0.169 e. The first-order valence-corrected chi connectivity index (χ1v) is 5.99. The number of quaternary nitrogens is 1. The van der Waals surface area contributed by atoms with Gasteiger partial charge < -0.3 is 14.7 Å². The van der Waals surface area contributed by atoms with Gasteiger partial charge >= 0.3 is 0 Å². The van der Waals surface area contributed by atoms with Crippen molar-refractivity contribution >= 4 is 0 Å². The van der Waals surface area contributed by atoms with Gasteiger partial charge in [0.1, 0.15) is 6.54 Å². The molecular formula is C13H20NO2+. The average Bonchev–Trinajstić information content (AvgIpc) is 2.31. The van der Waals surface area contributed by atoms with Gasteiger partial charge in [0.15, 0.2) is 11.5 Å². The van der Waals surface area contributed by atoms with E-state index in [0.29, 0.717) is 5.75 Å². The van der Waals surface area contributed by atoms with Crippen LogP contribution < -0.4 is 9.64 Å². The molecule has 0 radical (unpaired) electrons. The molecule has 0 aromatic heterocycles. The van der Waals surface area contributed by atoms with Crippen LogP contribution in [0, 0.1) is 0 Å². The molecule has 0 unspecified atom stereocenters. The van der Waals surface area contributed by atoms with Gasteiger partial charge in [0.25, 0.3) is 0 Å². The molecule has 1 aromatic carbocycles. The normalized spacial score (nSPS) is 17.3. The molecular weight excluding hydrogens is 202 g/mol. The SMILES string of the molecule is COc1c(O)cccc1C[NH+]1CCCCC1. The lowest BCUT2D eigenvalue weighted by Gasteiger charge is -2.24. The molecule has 0 atom stereocenters. The van der Waals surface area contributed by atoms with Crippen molar-refractivity contribution in [3.05, 3.63) is 23.8 Å². The van der Waals surface area contributed by atoms with Crippen molar-refractivity contribution in [3.8, 4) is 11.5 Å². The number of rotatable bonds is 3. The summed E-state index contributed by atoms with van der Waals surface area (Å²) >= 11 is 0. The highest BCUT2D eigenvalue weighted by Crippen LogP contribution is 2.28. The van der Waals surface area contributed by atoms with Crippen molar-refractivity contribution < 1.29 is 14.7 Å². The van der Waals surface area contributed by atoms with Gasteiger partial charge in [-0.05, 0) is 31.4 Å². The molecule has 1 aromatic rings. The molecule has 1 aliphatic rings. The van der Waals surface area contributed by atoms with E-state index in [0.717, 1.165) is 12.1 Å². The third-order valence-corrected chi connectivity index (χ3v) is 3.28. The summed E-state index contributed by atoms with van der Waals surface area (Å²) < 4.78 is 5.25. The Labute approximate surface area is 96.6 Å². The zero-order chi connectivity index (χ0) is 11.4. The molecule has 1 heterocycles. The smallest absolute Gasteiger partial charge is 0.169 e. The van der Waals surface area contributed by atoms with Crippen LogP contribution >= 0.6 is 0 Å². The fourth-order valence-corrected chi connectivity index (χ4v) is 2.44. The second-order valence-corrected chi connectivity index (χ2v) is 4.46. The number of aromatic hydroxyl groups is 1. The van der Waals surface area contributed by atoms with Crippen molar-refractivity contribution in [1.82, 2.24) is 0 Å². The minimum Gasteiger partial charge on any atom is -0.504 e. The summed E-state index contributed by atoms with van der Waals surface area (Å²) in [6.07, 6.45) is 3.99. The first-order valence-electron chi connectivity index (χ1n) is 5.99. The molecule has 1 saturated heterocycles. The Kier molecular flexibility index (Phi) is 3.67. The predicted molar refractivity (Wildman–Crippen MR) is 62.9 cm³/mol. The minimum atomic E-state index is 0.247. The number of hydrogen-bond acceptors (Lipinski definition) is 2. The van der Waals surface area contributed by atoms with Gasteiger partial charge in [0.2, 0.25) is 0 Å². The zero-order valence-corrected chi connectivity index (χ0v) is 9.83. The largest absolute Gasteiger partial charge is 0.504 e. The molecule has 0 spiro atoms. The number of phenolic OH excluding ortho intramolecular Hbond substituents is 1. The standard InChI is InChI=1S/C13H19NO2/c1-16-13-11(6-5-7-12(13)15)10-14-8-3-2-4-9-14/h5-7,15H,2-4,8-10H2,1H3/p+1. The monoisotopic (exact) mass is 222 g/mol. The van der Waals surface area contributed by atoms with Crippen molar-refractivity contribution in [1.29, 1.82) is 0 Å². The van der Waals surface area contributed by atoms with E-state index >= 15 is 0 Å². The van der Waals surface area contributed by atoms with Gasteiger partial charge in [0, 0.05) is 0 Å². The first-order chi connectivity index (χ1) is 7.81. The number of hydrogen-bond donors (Lipinski definition) is 2. The van der Waals surface area contributed by atoms with Crippen LogP contribution in [0.1, 0.15) is 24.8 Å². The quantitative estimate of drug-likeness (QED) is 0.799. The van der Waals surface area contributed by atoms with E-state index in [-0.39, 0.29) is 5.75 Å². The minimum absolute atomic E-state index is 0.247. The van der Waals surface area contributed by atoms with Crippen molar-refractivity contribution in [3.63, 3.8) is 0 Å². The third kappa shape index (κ3) is 2.47. The molecule has 3 nitrogen and oxygen atoms in total. The molecule has 0 bridgehead atoms. The molecule has 88 valence electrons. The topological polar surface area (TPSA) is 33.9 Å². The number of ether oxygens (including phenoxy) is 1. The molecule has 1 aliphatic heterocycles. The zero-order valence-electron chi connectivity index (χ0n) is 9.83. The molecule has 0 aliphatic carbocycles. The summed E-state index contributed by atoms with van der Waals surface area (Å²) in [5.74, 6) is 0.886. The van der Waals surface area contributed by atoms with Gasteiger partial charge in [-0.1, -0.05) is 6.07 Å². The van der Waals surface area contributed by atoms with Crippen LogP contribution in [0.2, 0.25) is 0 Å². The Hall–Kier alpha value is -1.22. The highest BCUT2D eigenvalue weighted by atomic mass is 16.5. The van der Waals surface area contributed by atoms with E-state index in [1.807, 2.05) is 12.1 Å². The maximum atomic E-state index is 9.69. The van der Waals surface area contributed by atoms with Gasteiger partial charge in [-0.2, -0.15) is 0 Å². The fraction of sp³-hybridized carbons (Fsp3) is 0.538. The lowest BCUT2D eigenvalue weighted by atomic mass is 10.1. The molecule has 1 fully saturated rings. The summed E-state index contributed by atoms with van der Waals surface area (Å²) in [4.78, 5) is 1.59. The third-order valence-electron chi connectivity index (χ3n) is 3.28.